The smallest absolute Gasteiger partial charge is 0.274 e. The Morgan fingerprint density at radius 1 is 0.679 bits per heavy atom. The van der Waals surface area contributed by atoms with Gasteiger partial charge in [0.2, 0.25) is 0 Å². The van der Waals surface area contributed by atoms with Gasteiger partial charge < -0.3 is 20.6 Å². The summed E-state index contributed by atoms with van der Waals surface area (Å²) >= 11 is 0. The highest BCUT2D eigenvalue weighted by molar-refractivity contribution is 6.36. The Labute approximate surface area is 159 Å². The van der Waals surface area contributed by atoms with Crippen LogP contribution in [-0.2, 0) is 13.1 Å². The highest BCUT2D eigenvalue weighted by atomic mass is 16.1. The topological polar surface area (TPSA) is 96.0 Å². The molecule has 3 aromatic carbocycles. The third-order valence-corrected chi connectivity index (χ3v) is 5.83. The first-order valence-corrected chi connectivity index (χ1v) is 9.41. The summed E-state index contributed by atoms with van der Waals surface area (Å²) in [7, 11) is 0. The van der Waals surface area contributed by atoms with Gasteiger partial charge in [0, 0.05) is 34.6 Å². The number of benzene rings is 3. The lowest BCUT2D eigenvalue weighted by molar-refractivity contribution is 0.759. The number of nitrogen functional groups attached to an aromatic ring is 2. The van der Waals surface area contributed by atoms with Crippen molar-refractivity contribution in [1.29, 1.82) is 0 Å². The van der Waals surface area contributed by atoms with Gasteiger partial charge in [-0.1, -0.05) is 24.3 Å². The monoisotopic (exact) mass is 372 g/mol. The molecule has 6 heteroatoms. The molecule has 5 rings (SSSR count). The molecule has 0 saturated heterocycles. The van der Waals surface area contributed by atoms with E-state index in [0.717, 1.165) is 43.4 Å². The lowest BCUT2D eigenvalue weighted by atomic mass is 9.91. The van der Waals surface area contributed by atoms with Crippen molar-refractivity contribution in [2.75, 3.05) is 11.5 Å². The van der Waals surface area contributed by atoms with Crippen LogP contribution in [0.5, 0.6) is 0 Å². The van der Waals surface area contributed by atoms with Crippen molar-refractivity contribution in [3.8, 4) is 0 Å². The summed E-state index contributed by atoms with van der Waals surface area (Å²) in [6.45, 7) is 4.86. The maximum atomic E-state index is 13.0. The molecule has 5 aromatic rings. The van der Waals surface area contributed by atoms with Crippen LogP contribution in [0.1, 0.15) is 13.8 Å². The molecule has 0 atom stereocenters. The van der Waals surface area contributed by atoms with Gasteiger partial charge in [-0.25, -0.2) is 0 Å². The zero-order chi connectivity index (χ0) is 19.7. The van der Waals surface area contributed by atoms with Crippen LogP contribution < -0.4 is 22.6 Å². The van der Waals surface area contributed by atoms with Gasteiger partial charge in [-0.05, 0) is 36.8 Å². The highest BCUT2D eigenvalue weighted by Crippen LogP contribution is 2.42. The highest BCUT2D eigenvalue weighted by Gasteiger charge is 2.23. The molecule has 0 radical (unpaired) electrons. The summed E-state index contributed by atoms with van der Waals surface area (Å²) in [5.74, 6) is 0. The van der Waals surface area contributed by atoms with Gasteiger partial charge in [0.15, 0.2) is 0 Å². The molecular weight excluding hydrogens is 352 g/mol. The maximum Gasteiger partial charge on any atom is 0.274 e. The maximum absolute atomic E-state index is 13.0. The Morgan fingerprint density at radius 2 is 1.07 bits per heavy atom. The lowest BCUT2D eigenvalue weighted by Crippen LogP contribution is -2.25. The number of aryl methyl sites for hydroxylation is 2. The molecule has 0 saturated carbocycles. The second-order valence-corrected chi connectivity index (χ2v) is 7.08. The Bertz CT molecular complexity index is 1430. The number of nitrogens with two attached hydrogens (primary N) is 2. The third-order valence-electron chi connectivity index (χ3n) is 5.83. The van der Waals surface area contributed by atoms with Crippen LogP contribution in [0.2, 0.25) is 0 Å². The molecule has 0 amide bonds. The van der Waals surface area contributed by atoms with Crippen LogP contribution in [0.25, 0.3) is 43.4 Å². The van der Waals surface area contributed by atoms with Gasteiger partial charge >= 0.3 is 0 Å². The average molecular weight is 372 g/mol. The van der Waals surface area contributed by atoms with E-state index in [-0.39, 0.29) is 22.5 Å². The summed E-state index contributed by atoms with van der Waals surface area (Å²) < 4.78 is 3.37. The Hall–Kier alpha value is -3.54. The number of hydrogen-bond donors (Lipinski definition) is 2. The van der Waals surface area contributed by atoms with E-state index in [2.05, 4.69) is 0 Å². The van der Waals surface area contributed by atoms with Crippen molar-refractivity contribution in [3.63, 3.8) is 0 Å². The zero-order valence-electron chi connectivity index (χ0n) is 15.7. The van der Waals surface area contributed by atoms with Gasteiger partial charge in [0.25, 0.3) is 11.1 Å². The van der Waals surface area contributed by atoms with Crippen LogP contribution in [0.15, 0.2) is 46.0 Å². The van der Waals surface area contributed by atoms with E-state index in [4.69, 9.17) is 11.5 Å². The lowest BCUT2D eigenvalue weighted by Gasteiger charge is -2.21. The Kier molecular flexibility index (Phi) is 3.25. The molecule has 140 valence electrons. The predicted molar refractivity (Wildman–Crippen MR) is 116 cm³/mol. The first-order chi connectivity index (χ1) is 13.5. The van der Waals surface area contributed by atoms with Crippen molar-refractivity contribution in [1.82, 2.24) is 9.13 Å². The first kappa shape index (κ1) is 16.6. The predicted octanol–water partition coefficient (Wildman–Crippen LogP) is 3.26. The van der Waals surface area contributed by atoms with Crippen LogP contribution >= 0.6 is 0 Å². The van der Waals surface area contributed by atoms with Gasteiger partial charge in [-0.3, -0.25) is 9.59 Å². The minimum absolute atomic E-state index is 0.195. The van der Waals surface area contributed by atoms with Crippen molar-refractivity contribution >= 4 is 54.7 Å². The summed E-state index contributed by atoms with van der Waals surface area (Å²) in [6, 6.07) is 11.5. The standard InChI is InChI=1S/C22H20N4O2/c1-3-25-13-9-10-14-18-16(20(24)22(28)26(14)4-2)12-8-6-5-7-11(12)15(17(13)18)19(23)21(25)27/h5-10H,3-4,23-24H2,1-2H3. The normalized spacial score (nSPS) is 12.1. The van der Waals surface area contributed by atoms with E-state index in [1.54, 1.807) is 9.13 Å². The second kappa shape index (κ2) is 5.48. The fourth-order valence-electron chi connectivity index (χ4n) is 4.64. The molecule has 6 nitrogen and oxygen atoms in total. The van der Waals surface area contributed by atoms with E-state index < -0.39 is 0 Å². The van der Waals surface area contributed by atoms with Crippen molar-refractivity contribution in [3.05, 3.63) is 57.1 Å². The second-order valence-electron chi connectivity index (χ2n) is 7.08. The fraction of sp³-hybridized carbons (Fsp3) is 0.182. The number of hydrogen-bond acceptors (Lipinski definition) is 4. The van der Waals surface area contributed by atoms with E-state index in [9.17, 15) is 9.59 Å². The number of rotatable bonds is 2. The van der Waals surface area contributed by atoms with Crippen molar-refractivity contribution in [2.24, 2.45) is 0 Å². The molecule has 0 fully saturated rings. The molecule has 2 heterocycles. The van der Waals surface area contributed by atoms with Crippen LogP contribution in [0.4, 0.5) is 11.4 Å². The van der Waals surface area contributed by atoms with Gasteiger partial charge in [0.05, 0.1) is 11.0 Å². The number of nitrogens with zero attached hydrogens (tertiary/aromatic N) is 2. The third kappa shape index (κ3) is 1.77. The number of anilines is 2. The Balaban J connectivity index is 2.33. The van der Waals surface area contributed by atoms with E-state index in [0.29, 0.717) is 13.1 Å². The number of aromatic nitrogens is 2. The van der Waals surface area contributed by atoms with E-state index in [1.165, 1.54) is 0 Å². The zero-order valence-corrected chi connectivity index (χ0v) is 15.7. The van der Waals surface area contributed by atoms with Gasteiger partial charge in [-0.2, -0.15) is 0 Å². The van der Waals surface area contributed by atoms with E-state index >= 15 is 0 Å². The minimum Gasteiger partial charge on any atom is -0.394 e. The summed E-state index contributed by atoms with van der Waals surface area (Å²) in [6.07, 6.45) is 0. The van der Waals surface area contributed by atoms with Gasteiger partial charge in [-0.15, -0.1) is 0 Å². The molecule has 4 N–H and O–H groups in total. The molecule has 0 aliphatic carbocycles. The molecule has 0 spiro atoms. The molecule has 0 aliphatic heterocycles. The summed E-state index contributed by atoms with van der Waals surface area (Å²) in [5.41, 5.74) is 14.4. The minimum atomic E-state index is -0.195. The summed E-state index contributed by atoms with van der Waals surface area (Å²) in [4.78, 5) is 25.9. The van der Waals surface area contributed by atoms with Crippen LogP contribution in [-0.4, -0.2) is 9.13 Å². The molecule has 0 bridgehead atoms. The van der Waals surface area contributed by atoms with E-state index in [1.807, 2.05) is 50.2 Å². The van der Waals surface area contributed by atoms with Crippen LogP contribution in [0, 0.1) is 0 Å². The molecule has 0 unspecified atom stereocenters. The van der Waals surface area contributed by atoms with Crippen LogP contribution in [0.3, 0.4) is 0 Å². The quantitative estimate of drug-likeness (QED) is 0.367. The fourth-order valence-corrected chi connectivity index (χ4v) is 4.64. The first-order valence-electron chi connectivity index (χ1n) is 9.41. The van der Waals surface area contributed by atoms with Crippen molar-refractivity contribution in [2.45, 2.75) is 26.9 Å². The van der Waals surface area contributed by atoms with Gasteiger partial charge in [0.1, 0.15) is 11.4 Å². The number of pyridine rings is 2. The molecule has 0 aliphatic rings. The van der Waals surface area contributed by atoms with Crippen molar-refractivity contribution < 1.29 is 0 Å². The Morgan fingerprint density at radius 3 is 1.43 bits per heavy atom. The molecule has 28 heavy (non-hydrogen) atoms. The average Bonchev–Trinajstić information content (AvgIpc) is 2.71. The SMILES string of the molecule is CCn1c(=O)c(N)c2c3ccccc3c3c(N)c(=O)n(CC)c4ccc1c2c34. The largest absolute Gasteiger partial charge is 0.394 e. The summed E-state index contributed by atoms with van der Waals surface area (Å²) in [5, 5.41) is 4.92. The molecular formula is C22H20N4O2. The number of fused-ring (bicyclic) bond motifs is 3. The molecule has 2 aromatic heterocycles.